The Morgan fingerprint density at radius 1 is 0.972 bits per heavy atom. The van der Waals surface area contributed by atoms with Crippen molar-refractivity contribution in [2.45, 2.75) is 25.8 Å². The summed E-state index contributed by atoms with van der Waals surface area (Å²) < 4.78 is 2.08. The maximum atomic E-state index is 13.6. The number of amides is 2. The number of benzene rings is 2. The summed E-state index contributed by atoms with van der Waals surface area (Å²) in [4.78, 5) is 32.3. The summed E-state index contributed by atoms with van der Waals surface area (Å²) in [7, 11) is 0. The van der Waals surface area contributed by atoms with Gasteiger partial charge in [0.2, 0.25) is 5.91 Å². The molecule has 0 aliphatic carbocycles. The summed E-state index contributed by atoms with van der Waals surface area (Å²) in [5.74, 6) is 0.0151. The van der Waals surface area contributed by atoms with Gasteiger partial charge in [-0.1, -0.05) is 48.0 Å². The van der Waals surface area contributed by atoms with E-state index in [1.807, 2.05) is 77.8 Å². The third-order valence-electron chi connectivity index (χ3n) is 6.87. The molecule has 0 bridgehead atoms. The molecule has 0 atom stereocenters. The number of nitrogens with one attached hydrogen (secondary N) is 1. The van der Waals surface area contributed by atoms with E-state index in [9.17, 15) is 9.59 Å². The number of piperidine rings is 1. The normalized spacial score (nSPS) is 14.2. The van der Waals surface area contributed by atoms with Gasteiger partial charge in [-0.25, -0.2) is 0 Å². The van der Waals surface area contributed by atoms with Crippen LogP contribution in [0.1, 0.15) is 34.5 Å². The highest BCUT2D eigenvalue weighted by atomic mass is 35.5. The minimum Gasteiger partial charge on any atom is -0.356 e. The van der Waals surface area contributed by atoms with Gasteiger partial charge in [-0.3, -0.25) is 14.6 Å². The van der Waals surface area contributed by atoms with Crippen molar-refractivity contribution in [2.75, 3.05) is 19.6 Å². The molecule has 7 heteroatoms. The number of para-hydroxylation sites is 1. The molecule has 2 aromatic heterocycles. The van der Waals surface area contributed by atoms with Crippen molar-refractivity contribution >= 4 is 34.3 Å². The molecular weight excluding hydrogens is 472 g/mol. The van der Waals surface area contributed by atoms with Gasteiger partial charge in [0.15, 0.2) is 0 Å². The van der Waals surface area contributed by atoms with E-state index in [-0.39, 0.29) is 17.7 Å². The van der Waals surface area contributed by atoms with E-state index in [1.54, 1.807) is 6.20 Å². The van der Waals surface area contributed by atoms with Crippen LogP contribution < -0.4 is 5.32 Å². The van der Waals surface area contributed by atoms with E-state index >= 15 is 0 Å². The largest absolute Gasteiger partial charge is 0.356 e. The molecule has 0 unspecified atom stereocenters. The summed E-state index contributed by atoms with van der Waals surface area (Å²) >= 11 is 6.06. The number of carbonyl (C=O) groups excluding carboxylic acids is 2. The van der Waals surface area contributed by atoms with Crippen LogP contribution >= 0.6 is 11.6 Å². The molecule has 1 aliphatic heterocycles. The average Bonchev–Trinajstić information content (AvgIpc) is 3.28. The number of hydrogen-bond acceptors (Lipinski definition) is 3. The Balaban J connectivity index is 1.23. The second-order valence-corrected chi connectivity index (χ2v) is 9.71. The van der Waals surface area contributed by atoms with Gasteiger partial charge in [-0.15, -0.1) is 0 Å². The molecule has 0 radical (unpaired) electrons. The smallest absolute Gasteiger partial charge is 0.270 e. The number of aromatic nitrogens is 2. The van der Waals surface area contributed by atoms with Gasteiger partial charge < -0.3 is 14.8 Å². The number of halogens is 1. The molecule has 36 heavy (non-hydrogen) atoms. The van der Waals surface area contributed by atoms with E-state index in [0.717, 1.165) is 28.5 Å². The van der Waals surface area contributed by atoms with Crippen molar-refractivity contribution in [2.24, 2.45) is 5.92 Å². The molecule has 184 valence electrons. The topological polar surface area (TPSA) is 67.2 Å². The Morgan fingerprint density at radius 3 is 2.50 bits per heavy atom. The monoisotopic (exact) mass is 500 g/mol. The van der Waals surface area contributed by atoms with E-state index < -0.39 is 0 Å². The summed E-state index contributed by atoms with van der Waals surface area (Å²) in [5.41, 5.74) is 3.88. The summed E-state index contributed by atoms with van der Waals surface area (Å²) in [5, 5.41) is 4.78. The Hall–Kier alpha value is -3.64. The van der Waals surface area contributed by atoms with Gasteiger partial charge in [-0.05, 0) is 60.7 Å². The fourth-order valence-electron chi connectivity index (χ4n) is 4.86. The minimum absolute atomic E-state index is 0.00981. The molecule has 3 heterocycles. The van der Waals surface area contributed by atoms with E-state index in [0.29, 0.717) is 49.7 Å². The van der Waals surface area contributed by atoms with Crippen molar-refractivity contribution in [3.63, 3.8) is 0 Å². The lowest BCUT2D eigenvalue weighted by Crippen LogP contribution is -2.43. The van der Waals surface area contributed by atoms with Crippen LogP contribution in [-0.4, -0.2) is 45.9 Å². The van der Waals surface area contributed by atoms with Crippen LogP contribution in [0.4, 0.5) is 0 Å². The molecule has 1 aliphatic rings. The summed E-state index contributed by atoms with van der Waals surface area (Å²) in [6, 6.07) is 21.7. The van der Waals surface area contributed by atoms with Crippen molar-refractivity contribution in [3.8, 4) is 0 Å². The maximum absolute atomic E-state index is 13.6. The number of pyridine rings is 1. The van der Waals surface area contributed by atoms with Crippen molar-refractivity contribution in [3.05, 3.63) is 101 Å². The van der Waals surface area contributed by atoms with E-state index in [1.165, 1.54) is 0 Å². The molecule has 2 amide bonds. The van der Waals surface area contributed by atoms with Crippen LogP contribution in [-0.2, 0) is 17.8 Å². The molecule has 1 fully saturated rings. The van der Waals surface area contributed by atoms with Gasteiger partial charge >= 0.3 is 0 Å². The number of carbonyl (C=O) groups is 2. The van der Waals surface area contributed by atoms with Crippen LogP contribution in [0.2, 0.25) is 5.02 Å². The highest BCUT2D eigenvalue weighted by Crippen LogP contribution is 2.25. The van der Waals surface area contributed by atoms with Crippen molar-refractivity contribution in [1.82, 2.24) is 19.8 Å². The van der Waals surface area contributed by atoms with Crippen LogP contribution in [0, 0.1) is 5.92 Å². The first-order chi connectivity index (χ1) is 17.6. The fraction of sp³-hybridized carbons (Fsp3) is 0.276. The summed E-state index contributed by atoms with van der Waals surface area (Å²) in [6.07, 6.45) is 5.66. The Bertz CT molecular complexity index is 1340. The minimum atomic E-state index is -0.0668. The van der Waals surface area contributed by atoms with Gasteiger partial charge in [0.25, 0.3) is 5.91 Å². The SMILES string of the molecule is O=C(NCCc1cccnc1)C1CCN(C(=O)c2cc3ccccc3n2Cc2ccc(Cl)cc2)CC1. The van der Waals surface area contributed by atoms with E-state index in [2.05, 4.69) is 14.9 Å². The Labute approximate surface area is 215 Å². The second kappa shape index (κ2) is 11.0. The fourth-order valence-corrected chi connectivity index (χ4v) is 4.98. The molecule has 0 spiro atoms. The van der Waals surface area contributed by atoms with E-state index in [4.69, 9.17) is 11.6 Å². The zero-order valence-electron chi connectivity index (χ0n) is 20.1. The molecular formula is C29H29ClN4O2. The third-order valence-corrected chi connectivity index (χ3v) is 7.12. The number of likely N-dealkylation sites (tertiary alicyclic amines) is 1. The lowest BCUT2D eigenvalue weighted by molar-refractivity contribution is -0.126. The lowest BCUT2D eigenvalue weighted by atomic mass is 9.95. The first-order valence-corrected chi connectivity index (χ1v) is 12.7. The van der Waals surface area contributed by atoms with Crippen LogP contribution in [0.15, 0.2) is 79.1 Å². The first-order valence-electron chi connectivity index (χ1n) is 12.4. The van der Waals surface area contributed by atoms with Gasteiger partial charge in [0.05, 0.1) is 0 Å². The lowest BCUT2D eigenvalue weighted by Gasteiger charge is -2.31. The van der Waals surface area contributed by atoms with Gasteiger partial charge in [0.1, 0.15) is 5.69 Å². The molecule has 5 rings (SSSR count). The number of nitrogens with zero attached hydrogens (tertiary/aromatic N) is 3. The van der Waals surface area contributed by atoms with Crippen LogP contribution in [0.3, 0.4) is 0 Å². The number of hydrogen-bond donors (Lipinski definition) is 1. The van der Waals surface area contributed by atoms with Crippen molar-refractivity contribution in [1.29, 1.82) is 0 Å². The number of fused-ring (bicyclic) bond motifs is 1. The van der Waals surface area contributed by atoms with Gasteiger partial charge in [0, 0.05) is 60.4 Å². The molecule has 4 aromatic rings. The Morgan fingerprint density at radius 2 is 1.75 bits per heavy atom. The van der Waals surface area contributed by atoms with Gasteiger partial charge in [-0.2, -0.15) is 0 Å². The number of rotatable bonds is 7. The quantitative estimate of drug-likeness (QED) is 0.390. The maximum Gasteiger partial charge on any atom is 0.270 e. The zero-order chi connectivity index (χ0) is 24.9. The predicted octanol–water partition coefficient (Wildman–Crippen LogP) is 4.95. The zero-order valence-corrected chi connectivity index (χ0v) is 20.8. The highest BCUT2D eigenvalue weighted by molar-refractivity contribution is 6.30. The molecule has 1 saturated heterocycles. The Kier molecular flexibility index (Phi) is 7.33. The van der Waals surface area contributed by atoms with Crippen molar-refractivity contribution < 1.29 is 9.59 Å². The second-order valence-electron chi connectivity index (χ2n) is 9.27. The molecule has 0 saturated carbocycles. The first kappa shape index (κ1) is 24.1. The molecule has 2 aromatic carbocycles. The molecule has 6 nitrogen and oxygen atoms in total. The van der Waals surface area contributed by atoms with Crippen LogP contribution in [0.5, 0.6) is 0 Å². The van der Waals surface area contributed by atoms with Crippen LogP contribution in [0.25, 0.3) is 10.9 Å². The average molecular weight is 501 g/mol. The molecule has 1 N–H and O–H groups in total. The highest BCUT2D eigenvalue weighted by Gasteiger charge is 2.29. The standard InChI is InChI=1S/C29H29ClN4O2/c30-25-9-7-22(8-10-25)20-34-26-6-2-1-5-24(26)18-27(34)29(36)33-16-12-23(13-17-33)28(35)32-15-11-21-4-3-14-31-19-21/h1-10,14,18-19,23H,11-13,15-17,20H2,(H,32,35). The third kappa shape index (κ3) is 5.44. The predicted molar refractivity (Wildman–Crippen MR) is 142 cm³/mol. The summed E-state index contributed by atoms with van der Waals surface area (Å²) in [6.45, 7) is 2.32.